The van der Waals surface area contributed by atoms with Crippen LogP contribution in [-0.2, 0) is 13.1 Å². The van der Waals surface area contributed by atoms with Gasteiger partial charge < -0.3 is 5.32 Å². The minimum Gasteiger partial charge on any atom is -0.310 e. The van der Waals surface area contributed by atoms with Crippen molar-refractivity contribution in [2.45, 2.75) is 65.5 Å². The summed E-state index contributed by atoms with van der Waals surface area (Å²) in [6, 6.07) is 0. The molecular weight excluding hydrogens is 212 g/mol. The fourth-order valence-corrected chi connectivity index (χ4v) is 1.92. The number of hydrogen-bond donors (Lipinski definition) is 1. The van der Waals surface area contributed by atoms with E-state index in [0.29, 0.717) is 0 Å². The lowest BCUT2D eigenvalue weighted by atomic mass is 10.1. The van der Waals surface area contributed by atoms with E-state index in [-0.39, 0.29) is 0 Å². The largest absolute Gasteiger partial charge is 0.310 e. The van der Waals surface area contributed by atoms with E-state index in [9.17, 15) is 0 Å². The van der Waals surface area contributed by atoms with Crippen LogP contribution in [0.15, 0.2) is 6.33 Å². The molecule has 4 nitrogen and oxygen atoms in total. The molecule has 0 aliphatic heterocycles. The van der Waals surface area contributed by atoms with Gasteiger partial charge in [-0.3, -0.25) is 0 Å². The lowest BCUT2D eigenvalue weighted by Crippen LogP contribution is -2.18. The first-order valence-corrected chi connectivity index (χ1v) is 6.95. The van der Waals surface area contributed by atoms with Crippen LogP contribution in [0.2, 0.25) is 0 Å². The zero-order valence-electron chi connectivity index (χ0n) is 11.3. The highest BCUT2D eigenvalue weighted by Gasteiger charge is 2.00. The lowest BCUT2D eigenvalue weighted by Gasteiger charge is -2.05. The summed E-state index contributed by atoms with van der Waals surface area (Å²) in [5.74, 6) is 1.04. The molecule has 0 aliphatic rings. The molecule has 0 aliphatic carbocycles. The molecule has 1 rings (SSSR count). The van der Waals surface area contributed by atoms with Crippen LogP contribution in [-0.4, -0.2) is 21.3 Å². The summed E-state index contributed by atoms with van der Waals surface area (Å²) in [4.78, 5) is 4.23. The first-order chi connectivity index (χ1) is 8.38. The van der Waals surface area contributed by atoms with Gasteiger partial charge in [0.05, 0.1) is 6.54 Å². The monoisotopic (exact) mass is 238 g/mol. The molecule has 0 saturated carbocycles. The van der Waals surface area contributed by atoms with Crippen molar-refractivity contribution >= 4 is 0 Å². The van der Waals surface area contributed by atoms with Crippen LogP contribution in [0.5, 0.6) is 0 Å². The number of nitrogens with one attached hydrogen (secondary N) is 1. The second-order valence-corrected chi connectivity index (χ2v) is 4.44. The summed E-state index contributed by atoms with van der Waals surface area (Å²) >= 11 is 0. The van der Waals surface area contributed by atoms with Gasteiger partial charge in [-0.15, -0.1) is 0 Å². The van der Waals surface area contributed by atoms with Gasteiger partial charge in [-0.2, -0.15) is 5.10 Å². The molecule has 1 aromatic rings. The molecule has 17 heavy (non-hydrogen) atoms. The second kappa shape index (κ2) is 9.16. The Morgan fingerprint density at radius 2 is 1.88 bits per heavy atom. The van der Waals surface area contributed by atoms with E-state index in [1.165, 1.54) is 38.5 Å². The molecular formula is C13H26N4. The molecule has 0 radical (unpaired) electrons. The average Bonchev–Trinajstić information content (AvgIpc) is 2.80. The zero-order valence-corrected chi connectivity index (χ0v) is 11.3. The molecule has 1 heterocycles. The number of aryl methyl sites for hydroxylation is 1. The van der Waals surface area contributed by atoms with Crippen molar-refractivity contribution in [3.05, 3.63) is 12.2 Å². The van der Waals surface area contributed by atoms with Gasteiger partial charge in [-0.05, 0) is 19.9 Å². The van der Waals surface area contributed by atoms with Gasteiger partial charge in [-0.25, -0.2) is 9.67 Å². The van der Waals surface area contributed by atoms with Crippen molar-refractivity contribution in [1.82, 2.24) is 20.1 Å². The molecule has 0 atom stereocenters. The number of hydrogen-bond acceptors (Lipinski definition) is 3. The Morgan fingerprint density at radius 3 is 2.65 bits per heavy atom. The minimum atomic E-state index is 0.836. The summed E-state index contributed by atoms with van der Waals surface area (Å²) in [5, 5.41) is 7.58. The van der Waals surface area contributed by atoms with E-state index in [4.69, 9.17) is 0 Å². The maximum atomic E-state index is 4.23. The van der Waals surface area contributed by atoms with Crippen LogP contribution in [0.1, 0.15) is 58.2 Å². The quantitative estimate of drug-likeness (QED) is 0.637. The van der Waals surface area contributed by atoms with Gasteiger partial charge >= 0.3 is 0 Å². The number of nitrogens with zero attached hydrogens (tertiary/aromatic N) is 3. The normalized spacial score (nSPS) is 10.9. The Balaban J connectivity index is 1.97. The maximum absolute atomic E-state index is 4.23. The van der Waals surface area contributed by atoms with Gasteiger partial charge in [0, 0.05) is 6.54 Å². The summed E-state index contributed by atoms with van der Waals surface area (Å²) in [7, 11) is 0. The highest BCUT2D eigenvalue weighted by molar-refractivity contribution is 4.83. The predicted molar refractivity (Wildman–Crippen MR) is 70.8 cm³/mol. The predicted octanol–water partition coefficient (Wildman–Crippen LogP) is 2.75. The third kappa shape index (κ3) is 5.82. The third-order valence-electron chi connectivity index (χ3n) is 2.99. The molecule has 98 valence electrons. The van der Waals surface area contributed by atoms with E-state index in [1.807, 2.05) is 4.68 Å². The Morgan fingerprint density at radius 1 is 1.12 bits per heavy atom. The molecule has 0 aromatic carbocycles. The molecule has 0 amide bonds. The van der Waals surface area contributed by atoms with Crippen LogP contribution in [0.3, 0.4) is 0 Å². The molecule has 0 spiro atoms. The van der Waals surface area contributed by atoms with Crippen LogP contribution in [0.4, 0.5) is 0 Å². The first-order valence-electron chi connectivity index (χ1n) is 6.95. The third-order valence-corrected chi connectivity index (χ3v) is 2.99. The summed E-state index contributed by atoms with van der Waals surface area (Å²) in [6.07, 6.45) is 9.71. The van der Waals surface area contributed by atoms with E-state index in [0.717, 1.165) is 25.5 Å². The highest BCUT2D eigenvalue weighted by atomic mass is 15.3. The standard InChI is InChI=1S/C13H26N4/c1-3-5-6-7-8-9-10-14-11-13-15-12-16-17(13)4-2/h12,14H,3-11H2,1-2H3. The molecule has 0 unspecified atom stereocenters. The van der Waals surface area contributed by atoms with E-state index < -0.39 is 0 Å². The SMILES string of the molecule is CCCCCCCCNCc1ncnn1CC. The summed E-state index contributed by atoms with van der Waals surface area (Å²) in [6.45, 7) is 7.16. The number of aromatic nitrogens is 3. The summed E-state index contributed by atoms with van der Waals surface area (Å²) in [5.41, 5.74) is 0. The Labute approximate surface area is 105 Å². The lowest BCUT2D eigenvalue weighted by molar-refractivity contribution is 0.542. The van der Waals surface area contributed by atoms with Gasteiger partial charge in [0.15, 0.2) is 0 Å². The van der Waals surface area contributed by atoms with E-state index in [1.54, 1.807) is 6.33 Å². The minimum absolute atomic E-state index is 0.836. The first kappa shape index (κ1) is 14.2. The van der Waals surface area contributed by atoms with Crippen molar-refractivity contribution in [3.63, 3.8) is 0 Å². The number of unbranched alkanes of at least 4 members (excludes halogenated alkanes) is 5. The smallest absolute Gasteiger partial charge is 0.140 e. The van der Waals surface area contributed by atoms with Crippen molar-refractivity contribution in [2.24, 2.45) is 0 Å². The van der Waals surface area contributed by atoms with Crippen LogP contribution >= 0.6 is 0 Å². The topological polar surface area (TPSA) is 42.7 Å². The highest BCUT2D eigenvalue weighted by Crippen LogP contribution is 2.04. The van der Waals surface area contributed by atoms with Crippen LogP contribution < -0.4 is 5.32 Å². The van der Waals surface area contributed by atoms with Crippen molar-refractivity contribution in [1.29, 1.82) is 0 Å². The number of rotatable bonds is 10. The van der Waals surface area contributed by atoms with Crippen LogP contribution in [0, 0.1) is 0 Å². The Hall–Kier alpha value is -0.900. The zero-order chi connectivity index (χ0) is 12.3. The summed E-state index contributed by atoms with van der Waals surface area (Å²) < 4.78 is 1.94. The van der Waals surface area contributed by atoms with Crippen molar-refractivity contribution in [3.8, 4) is 0 Å². The Kier molecular flexibility index (Phi) is 7.63. The fourth-order valence-electron chi connectivity index (χ4n) is 1.92. The van der Waals surface area contributed by atoms with Crippen molar-refractivity contribution in [2.75, 3.05) is 6.54 Å². The van der Waals surface area contributed by atoms with Gasteiger partial charge in [0.25, 0.3) is 0 Å². The fraction of sp³-hybridized carbons (Fsp3) is 0.846. The molecule has 0 fully saturated rings. The molecule has 1 aromatic heterocycles. The molecule has 1 N–H and O–H groups in total. The Bertz CT molecular complexity index is 283. The van der Waals surface area contributed by atoms with E-state index >= 15 is 0 Å². The second-order valence-electron chi connectivity index (χ2n) is 4.44. The van der Waals surface area contributed by atoms with Crippen molar-refractivity contribution < 1.29 is 0 Å². The maximum Gasteiger partial charge on any atom is 0.140 e. The van der Waals surface area contributed by atoms with E-state index in [2.05, 4.69) is 29.2 Å². The molecule has 0 saturated heterocycles. The van der Waals surface area contributed by atoms with Gasteiger partial charge in [0.1, 0.15) is 12.2 Å². The van der Waals surface area contributed by atoms with Gasteiger partial charge in [-0.1, -0.05) is 39.0 Å². The molecule has 0 bridgehead atoms. The average molecular weight is 238 g/mol. The van der Waals surface area contributed by atoms with Crippen LogP contribution in [0.25, 0.3) is 0 Å². The van der Waals surface area contributed by atoms with Gasteiger partial charge in [0.2, 0.25) is 0 Å². The molecule has 4 heteroatoms.